The monoisotopic (exact) mass is 380 g/mol. The van der Waals surface area contributed by atoms with Gasteiger partial charge in [0, 0.05) is 42.3 Å². The minimum Gasteiger partial charge on any atom is -0.433 e. The average molecular weight is 380 g/mol. The Hall–Kier alpha value is -1.84. The molecule has 1 aromatic carbocycles. The van der Waals surface area contributed by atoms with E-state index in [-0.39, 0.29) is 5.75 Å². The molecular weight excluding hydrogens is 366 g/mol. The van der Waals surface area contributed by atoms with E-state index in [2.05, 4.69) is 15.2 Å². The lowest BCUT2D eigenvalue weighted by molar-refractivity contribution is -0.0486. The summed E-state index contributed by atoms with van der Waals surface area (Å²) in [5, 5.41) is 7.06. The Labute approximate surface area is 150 Å². The molecule has 2 bridgehead atoms. The largest absolute Gasteiger partial charge is 0.433 e. The van der Waals surface area contributed by atoms with Crippen molar-refractivity contribution in [1.82, 2.24) is 15.3 Å². The van der Waals surface area contributed by atoms with Gasteiger partial charge in [-0.3, -0.25) is 0 Å². The molecule has 0 spiro atoms. The van der Waals surface area contributed by atoms with Gasteiger partial charge < -0.3 is 15.0 Å². The quantitative estimate of drug-likeness (QED) is 0.750. The van der Waals surface area contributed by atoms with E-state index in [1.54, 1.807) is 18.3 Å². The normalized spacial score (nSPS) is 22.4. The van der Waals surface area contributed by atoms with Crippen LogP contribution in [-0.2, 0) is 0 Å². The summed E-state index contributed by atoms with van der Waals surface area (Å²) in [6, 6.07) is 4.35. The maximum atomic E-state index is 12.8. The lowest BCUT2D eigenvalue weighted by Gasteiger charge is -2.48. The Morgan fingerprint density at radius 1 is 1.28 bits per heavy atom. The van der Waals surface area contributed by atoms with Gasteiger partial charge in [-0.05, 0) is 18.6 Å². The van der Waals surface area contributed by atoms with Crippen molar-refractivity contribution in [2.45, 2.75) is 25.1 Å². The first-order chi connectivity index (χ1) is 12.2. The van der Waals surface area contributed by atoms with Crippen molar-refractivity contribution in [2.24, 2.45) is 0 Å². The third kappa shape index (κ3) is 2.66. The molecule has 0 saturated carbocycles. The standard InChI is InChI=1S/C16H14F2N4OS2/c17-15(18)23-11-2-1-10(14-19-3-4-24-14)12-13(11)25-16(21-12)22-6-8-5-9(7-22)20-8/h1-4,8-9,15,20H,5-7H2. The number of fused-ring (bicyclic) bond motifs is 3. The molecule has 3 aliphatic rings. The fourth-order valence-corrected chi connectivity index (χ4v) is 5.23. The Balaban J connectivity index is 1.61. The Morgan fingerprint density at radius 2 is 2.08 bits per heavy atom. The number of anilines is 1. The molecular formula is C16H14F2N4OS2. The van der Waals surface area contributed by atoms with E-state index < -0.39 is 6.61 Å². The number of alkyl halides is 2. The molecule has 5 heterocycles. The van der Waals surface area contributed by atoms with Gasteiger partial charge in [0.2, 0.25) is 0 Å². The van der Waals surface area contributed by atoms with Crippen LogP contribution in [0, 0.1) is 0 Å². The summed E-state index contributed by atoms with van der Waals surface area (Å²) >= 11 is 2.92. The van der Waals surface area contributed by atoms with Crippen LogP contribution in [0.4, 0.5) is 13.9 Å². The summed E-state index contributed by atoms with van der Waals surface area (Å²) in [5.74, 6) is 0.175. The number of nitrogens with zero attached hydrogens (tertiary/aromatic N) is 3. The topological polar surface area (TPSA) is 50.3 Å². The number of halogens is 2. The van der Waals surface area contributed by atoms with E-state index in [0.29, 0.717) is 22.3 Å². The molecule has 2 unspecified atom stereocenters. The lowest BCUT2D eigenvalue weighted by atomic mass is 9.92. The van der Waals surface area contributed by atoms with Crippen LogP contribution in [0.5, 0.6) is 5.75 Å². The second-order valence-electron chi connectivity index (χ2n) is 6.20. The van der Waals surface area contributed by atoms with Gasteiger partial charge in [0.25, 0.3) is 0 Å². The molecule has 3 aromatic rings. The highest BCUT2D eigenvalue weighted by molar-refractivity contribution is 7.22. The molecule has 5 nitrogen and oxygen atoms in total. The molecule has 0 radical (unpaired) electrons. The summed E-state index contributed by atoms with van der Waals surface area (Å²) in [4.78, 5) is 11.3. The molecule has 1 N–H and O–H groups in total. The molecule has 3 aliphatic heterocycles. The second kappa shape index (κ2) is 5.86. The molecule has 2 atom stereocenters. The van der Waals surface area contributed by atoms with E-state index in [0.717, 1.165) is 28.8 Å². The van der Waals surface area contributed by atoms with E-state index >= 15 is 0 Å². The summed E-state index contributed by atoms with van der Waals surface area (Å²) in [6.07, 6.45) is 2.93. The van der Waals surface area contributed by atoms with Crippen LogP contribution in [0.3, 0.4) is 0 Å². The molecule has 0 aliphatic carbocycles. The van der Waals surface area contributed by atoms with Crippen molar-refractivity contribution < 1.29 is 13.5 Å². The highest BCUT2D eigenvalue weighted by Gasteiger charge is 2.37. The van der Waals surface area contributed by atoms with Crippen molar-refractivity contribution in [2.75, 3.05) is 18.0 Å². The van der Waals surface area contributed by atoms with Gasteiger partial charge in [-0.25, -0.2) is 9.97 Å². The van der Waals surface area contributed by atoms with E-state index in [4.69, 9.17) is 9.72 Å². The van der Waals surface area contributed by atoms with Gasteiger partial charge in [0.1, 0.15) is 10.8 Å². The number of aromatic nitrogens is 2. The number of thiazole rings is 2. The number of nitrogens with one attached hydrogen (secondary N) is 1. The van der Waals surface area contributed by atoms with Crippen molar-refractivity contribution in [3.05, 3.63) is 23.7 Å². The number of piperidine rings is 1. The van der Waals surface area contributed by atoms with Gasteiger partial charge >= 0.3 is 6.61 Å². The number of rotatable bonds is 4. The highest BCUT2D eigenvalue weighted by Crippen LogP contribution is 2.42. The number of hydrogen-bond acceptors (Lipinski definition) is 7. The van der Waals surface area contributed by atoms with Gasteiger partial charge in [-0.1, -0.05) is 11.3 Å². The van der Waals surface area contributed by atoms with Gasteiger partial charge in [-0.2, -0.15) is 8.78 Å². The molecule has 9 heteroatoms. The van der Waals surface area contributed by atoms with E-state index in [9.17, 15) is 8.78 Å². The first-order valence-electron chi connectivity index (χ1n) is 7.96. The van der Waals surface area contributed by atoms with Crippen LogP contribution >= 0.6 is 22.7 Å². The van der Waals surface area contributed by atoms with Crippen molar-refractivity contribution >= 4 is 38.0 Å². The fourth-order valence-electron chi connectivity index (χ4n) is 3.49. The van der Waals surface area contributed by atoms with Crippen molar-refractivity contribution in [3.63, 3.8) is 0 Å². The SMILES string of the molecule is FC(F)Oc1ccc(-c2nccs2)c2nc(N3CC4CC(C3)N4)sc12. The summed E-state index contributed by atoms with van der Waals surface area (Å²) in [6.45, 7) is -1.06. The second-order valence-corrected chi connectivity index (χ2v) is 8.07. The molecule has 2 aromatic heterocycles. The molecule has 3 fully saturated rings. The zero-order chi connectivity index (χ0) is 17.0. The summed E-state index contributed by atoms with van der Waals surface area (Å²) < 4.78 is 30.9. The van der Waals surface area contributed by atoms with Crippen LogP contribution in [-0.4, -0.2) is 41.8 Å². The Morgan fingerprint density at radius 3 is 2.76 bits per heavy atom. The fraction of sp³-hybridized carbons (Fsp3) is 0.375. The lowest BCUT2D eigenvalue weighted by Crippen LogP contribution is -2.67. The number of piperazine rings is 1. The minimum atomic E-state index is -2.86. The molecule has 25 heavy (non-hydrogen) atoms. The van der Waals surface area contributed by atoms with Gasteiger partial charge in [0.15, 0.2) is 5.13 Å². The Bertz CT molecular complexity index is 898. The van der Waals surface area contributed by atoms with Crippen LogP contribution in [0.2, 0.25) is 0 Å². The zero-order valence-corrected chi connectivity index (χ0v) is 14.6. The third-order valence-electron chi connectivity index (χ3n) is 4.57. The first kappa shape index (κ1) is 15.4. The number of ether oxygens (including phenoxy) is 1. The third-order valence-corrected chi connectivity index (χ3v) is 6.50. The Kier molecular flexibility index (Phi) is 3.61. The van der Waals surface area contributed by atoms with Crippen LogP contribution in [0.15, 0.2) is 23.7 Å². The van der Waals surface area contributed by atoms with Crippen molar-refractivity contribution in [3.8, 4) is 16.3 Å². The smallest absolute Gasteiger partial charge is 0.387 e. The van der Waals surface area contributed by atoms with E-state index in [1.165, 1.54) is 29.1 Å². The number of benzene rings is 1. The maximum absolute atomic E-state index is 12.8. The van der Waals surface area contributed by atoms with Crippen LogP contribution in [0.25, 0.3) is 20.8 Å². The highest BCUT2D eigenvalue weighted by atomic mass is 32.1. The maximum Gasteiger partial charge on any atom is 0.387 e. The molecule has 130 valence electrons. The van der Waals surface area contributed by atoms with E-state index in [1.807, 2.05) is 5.38 Å². The molecule has 3 saturated heterocycles. The first-order valence-corrected chi connectivity index (χ1v) is 9.66. The zero-order valence-electron chi connectivity index (χ0n) is 13.0. The predicted molar refractivity (Wildman–Crippen MR) is 94.9 cm³/mol. The van der Waals surface area contributed by atoms with Crippen LogP contribution < -0.4 is 15.0 Å². The van der Waals surface area contributed by atoms with Crippen molar-refractivity contribution in [1.29, 1.82) is 0 Å². The van der Waals surface area contributed by atoms with Crippen LogP contribution in [0.1, 0.15) is 6.42 Å². The molecule has 0 amide bonds. The van der Waals surface area contributed by atoms with Gasteiger partial charge in [0.05, 0.1) is 10.2 Å². The molecule has 6 rings (SSSR count). The minimum absolute atomic E-state index is 0.175. The summed E-state index contributed by atoms with van der Waals surface area (Å²) in [7, 11) is 0. The summed E-state index contributed by atoms with van der Waals surface area (Å²) in [5.41, 5.74) is 1.54. The predicted octanol–water partition coefficient (Wildman–Crippen LogP) is 3.57. The average Bonchev–Trinajstić information content (AvgIpc) is 3.24. The van der Waals surface area contributed by atoms with Gasteiger partial charge in [-0.15, -0.1) is 11.3 Å². The number of hydrogen-bond donors (Lipinski definition) is 1.